The molecular formula is C30H30N2O8. The zero-order valence-electron chi connectivity index (χ0n) is 22.3. The maximum Gasteiger partial charge on any atom is 0.255 e. The van der Waals surface area contributed by atoms with E-state index in [-0.39, 0.29) is 11.3 Å². The fourth-order valence-electron chi connectivity index (χ4n) is 6.58. The highest BCUT2D eigenvalue weighted by Crippen LogP contribution is 2.56. The molecule has 0 aliphatic heterocycles. The maximum atomic E-state index is 14.2. The minimum atomic E-state index is -2.97. The summed E-state index contributed by atoms with van der Waals surface area (Å²) in [7, 11) is 2.93. The third kappa shape index (κ3) is 3.64. The second-order valence-electron chi connectivity index (χ2n) is 10.9. The number of Topliss-reactive ketones (excluding diaryl/α,β-unsaturated/α-hetero) is 2. The molecule has 10 heteroatoms. The zero-order chi connectivity index (χ0) is 29.4. The average Bonchev–Trinajstić information content (AvgIpc) is 2.84. The van der Waals surface area contributed by atoms with Gasteiger partial charge in [-0.1, -0.05) is 47.5 Å². The van der Waals surface area contributed by atoms with E-state index in [1.807, 2.05) is 32.0 Å². The molecule has 40 heavy (non-hydrogen) atoms. The number of carbonyl (C=O) groups excluding carboxylic acids is 3. The van der Waals surface area contributed by atoms with Gasteiger partial charge >= 0.3 is 0 Å². The molecule has 0 aromatic heterocycles. The number of aryl methyl sites for hydroxylation is 2. The van der Waals surface area contributed by atoms with Crippen molar-refractivity contribution >= 4 is 34.9 Å². The van der Waals surface area contributed by atoms with Crippen molar-refractivity contribution in [2.45, 2.75) is 31.6 Å². The van der Waals surface area contributed by atoms with Crippen molar-refractivity contribution in [2.75, 3.05) is 14.1 Å². The Kier molecular flexibility index (Phi) is 6.25. The number of aliphatic hydroxyl groups excluding tert-OH is 3. The number of aliphatic hydroxyl groups is 4. The van der Waals surface area contributed by atoms with Crippen molar-refractivity contribution in [2.24, 2.45) is 17.6 Å². The molecule has 1 saturated carbocycles. The van der Waals surface area contributed by atoms with Crippen molar-refractivity contribution in [3.05, 3.63) is 81.1 Å². The highest BCUT2D eigenvalue weighted by atomic mass is 16.4. The van der Waals surface area contributed by atoms with E-state index in [4.69, 9.17) is 5.73 Å². The molecule has 3 aliphatic rings. The van der Waals surface area contributed by atoms with Gasteiger partial charge in [-0.3, -0.25) is 19.3 Å². The molecule has 0 spiro atoms. The third-order valence-corrected chi connectivity index (χ3v) is 8.10. The maximum absolute atomic E-state index is 14.2. The topological polar surface area (TPSA) is 182 Å². The highest BCUT2D eigenvalue weighted by Gasteiger charge is 2.68. The van der Waals surface area contributed by atoms with E-state index < -0.39 is 69.7 Å². The van der Waals surface area contributed by atoms with Crippen molar-refractivity contribution in [3.8, 4) is 5.75 Å². The van der Waals surface area contributed by atoms with Crippen molar-refractivity contribution in [3.63, 3.8) is 0 Å². The molecule has 10 nitrogen and oxygen atoms in total. The Hall–Kier alpha value is -4.25. The van der Waals surface area contributed by atoms with Crippen molar-refractivity contribution < 1.29 is 39.9 Å². The van der Waals surface area contributed by atoms with Gasteiger partial charge in [-0.25, -0.2) is 0 Å². The fraction of sp³-hybridized carbons (Fsp3) is 0.300. The molecule has 0 unspecified atom stereocenters. The number of carbonyl (C=O) groups is 3. The van der Waals surface area contributed by atoms with E-state index in [0.29, 0.717) is 16.7 Å². The van der Waals surface area contributed by atoms with Gasteiger partial charge in [0.2, 0.25) is 5.78 Å². The lowest BCUT2D eigenvalue weighted by molar-refractivity contribution is -0.166. The number of phenols is 1. The Morgan fingerprint density at radius 2 is 1.68 bits per heavy atom. The third-order valence-electron chi connectivity index (χ3n) is 8.10. The van der Waals surface area contributed by atoms with Crippen LogP contribution >= 0.6 is 0 Å². The smallest absolute Gasteiger partial charge is 0.255 e. The summed E-state index contributed by atoms with van der Waals surface area (Å²) >= 11 is 0. The predicted octanol–water partition coefficient (Wildman–Crippen LogP) is 1.55. The lowest BCUT2D eigenvalue weighted by Crippen LogP contribution is -2.70. The molecule has 0 bridgehead atoms. The van der Waals surface area contributed by atoms with Gasteiger partial charge in [0.05, 0.1) is 29.2 Å². The number of aromatic hydroxyl groups is 1. The van der Waals surface area contributed by atoms with Crippen LogP contribution in [-0.2, 0) is 14.4 Å². The second-order valence-corrected chi connectivity index (χ2v) is 10.9. The molecule has 3 aliphatic carbocycles. The average molecular weight is 547 g/mol. The van der Waals surface area contributed by atoms with E-state index in [9.17, 15) is 39.9 Å². The van der Waals surface area contributed by atoms with Crippen LogP contribution in [0.2, 0.25) is 0 Å². The van der Waals surface area contributed by atoms with Crippen LogP contribution in [0.1, 0.15) is 27.8 Å². The van der Waals surface area contributed by atoms with Crippen LogP contribution in [0.25, 0.3) is 17.4 Å². The van der Waals surface area contributed by atoms with Crippen molar-refractivity contribution in [1.29, 1.82) is 0 Å². The molecule has 208 valence electrons. The van der Waals surface area contributed by atoms with Crippen molar-refractivity contribution in [1.82, 2.24) is 4.90 Å². The lowest BCUT2D eigenvalue weighted by atomic mass is 9.55. The van der Waals surface area contributed by atoms with Gasteiger partial charge in [0.15, 0.2) is 11.4 Å². The number of ketones is 2. The van der Waals surface area contributed by atoms with E-state index in [1.54, 1.807) is 18.2 Å². The quantitative estimate of drug-likeness (QED) is 0.311. The number of primary amides is 1. The summed E-state index contributed by atoms with van der Waals surface area (Å²) in [4.78, 5) is 41.1. The number of likely N-dealkylation sites (N-methyl/N-ethyl adjacent to an activating group) is 1. The number of phenolic OH excluding ortho intramolecular Hbond substituents is 1. The van der Waals surface area contributed by atoms with Crippen LogP contribution in [0, 0.1) is 25.7 Å². The molecule has 0 heterocycles. The number of hydrogen-bond donors (Lipinski definition) is 6. The number of nitrogens with two attached hydrogens (primary N) is 1. The normalized spacial score (nSPS) is 29.0. The second kappa shape index (κ2) is 9.16. The molecule has 2 aromatic rings. The summed E-state index contributed by atoms with van der Waals surface area (Å²) in [6, 6.07) is 8.79. The molecular weight excluding hydrogens is 516 g/mol. The number of hydrogen-bond acceptors (Lipinski definition) is 9. The summed E-state index contributed by atoms with van der Waals surface area (Å²) in [6.45, 7) is 3.82. The zero-order valence-corrected chi connectivity index (χ0v) is 22.3. The van der Waals surface area contributed by atoms with Gasteiger partial charge in [-0.05, 0) is 50.7 Å². The van der Waals surface area contributed by atoms with Crippen LogP contribution in [0.4, 0.5) is 0 Å². The fourth-order valence-corrected chi connectivity index (χ4v) is 6.58. The first kappa shape index (κ1) is 27.3. The number of fused-ring (bicyclic) bond motifs is 3. The van der Waals surface area contributed by atoms with Gasteiger partial charge in [-0.15, -0.1) is 0 Å². The first-order valence-electron chi connectivity index (χ1n) is 12.7. The number of benzene rings is 2. The summed E-state index contributed by atoms with van der Waals surface area (Å²) in [5.74, 6) is -8.78. The van der Waals surface area contributed by atoms with Gasteiger partial charge < -0.3 is 31.3 Å². The van der Waals surface area contributed by atoms with E-state index in [2.05, 4.69) is 0 Å². The standard InChI is InChI=1S/C30H30N2O8/c1-12-8-13(2)10-14(9-12)11-16-15-6-5-7-17(33)18(15)24(34)20-19(16)25(35)22-23(32(3)4)26(36)21(29(31)39)28(38)30(22,40)27(20)37/h5-11,19,22-23,25,33-35,38,40H,1-4H3,(H2,31,39)/b16-11+/t19-,22-,23+,25+,30+/m1/s1. The summed E-state index contributed by atoms with van der Waals surface area (Å²) in [6.07, 6.45) is -0.00347. The van der Waals surface area contributed by atoms with Crippen LogP contribution in [0.5, 0.6) is 5.75 Å². The van der Waals surface area contributed by atoms with E-state index in [1.165, 1.54) is 25.1 Å². The SMILES string of the molecule is Cc1cc(C)cc(/C=C2\c3cccc(O)c3C(O)=C3C(=O)[C@]4(O)C(O)=C(C(N)=O)C(=O)[C@@H](N(C)C)[C@@H]4[C@@H](O)[C@@H]32)c1. The first-order valence-corrected chi connectivity index (χ1v) is 12.7. The number of nitrogens with zero attached hydrogens (tertiary/aromatic N) is 1. The number of rotatable bonds is 3. The Morgan fingerprint density at radius 3 is 2.25 bits per heavy atom. The molecule has 5 atom stereocenters. The van der Waals surface area contributed by atoms with Gasteiger partial charge in [0.1, 0.15) is 22.8 Å². The number of amides is 1. The Morgan fingerprint density at radius 1 is 1.05 bits per heavy atom. The first-order chi connectivity index (χ1) is 18.7. The van der Waals surface area contributed by atoms with Gasteiger partial charge in [-0.2, -0.15) is 0 Å². The highest BCUT2D eigenvalue weighted by molar-refractivity contribution is 6.25. The van der Waals surface area contributed by atoms with Crippen LogP contribution in [0.15, 0.2) is 53.3 Å². The molecule has 1 amide bonds. The molecule has 0 radical (unpaired) electrons. The summed E-state index contributed by atoms with van der Waals surface area (Å²) in [5, 5.41) is 56.9. The monoisotopic (exact) mass is 546 g/mol. The van der Waals surface area contributed by atoms with Crippen LogP contribution in [-0.4, -0.2) is 79.7 Å². The largest absolute Gasteiger partial charge is 0.508 e. The minimum Gasteiger partial charge on any atom is -0.508 e. The minimum absolute atomic E-state index is 0.0957. The Labute approximate surface area is 230 Å². The molecule has 0 saturated heterocycles. The predicted molar refractivity (Wildman–Crippen MR) is 146 cm³/mol. The Bertz CT molecular complexity index is 1580. The molecule has 1 fully saturated rings. The van der Waals surface area contributed by atoms with E-state index in [0.717, 1.165) is 11.1 Å². The van der Waals surface area contributed by atoms with Crippen LogP contribution < -0.4 is 5.73 Å². The van der Waals surface area contributed by atoms with Crippen LogP contribution in [0.3, 0.4) is 0 Å². The van der Waals surface area contributed by atoms with E-state index >= 15 is 0 Å². The molecule has 2 aromatic carbocycles. The summed E-state index contributed by atoms with van der Waals surface area (Å²) in [5.41, 5.74) is 4.16. The summed E-state index contributed by atoms with van der Waals surface area (Å²) < 4.78 is 0. The molecule has 7 N–H and O–H groups in total. The Balaban J connectivity index is 1.87. The molecule has 5 rings (SSSR count). The van der Waals surface area contributed by atoms with Gasteiger partial charge in [0, 0.05) is 5.92 Å². The lowest BCUT2D eigenvalue weighted by Gasteiger charge is -2.53. The van der Waals surface area contributed by atoms with Gasteiger partial charge in [0.25, 0.3) is 5.91 Å².